The van der Waals surface area contributed by atoms with Crippen LogP contribution in [0.1, 0.15) is 18.4 Å². The van der Waals surface area contributed by atoms with Gasteiger partial charge in [0, 0.05) is 48.9 Å². The minimum atomic E-state index is -0.547. The zero-order valence-electron chi connectivity index (χ0n) is 18.6. The molecule has 1 aliphatic heterocycles. The smallest absolute Gasteiger partial charge is 0.151 e. The Balaban J connectivity index is 1.61. The number of nitrogens with zero attached hydrogens (tertiary/aromatic N) is 6. The van der Waals surface area contributed by atoms with Gasteiger partial charge in [0.15, 0.2) is 5.82 Å². The number of nitriles is 1. The quantitative estimate of drug-likeness (QED) is 0.517. The molecule has 8 heteroatoms. The summed E-state index contributed by atoms with van der Waals surface area (Å²) >= 11 is 0. The third-order valence-electron chi connectivity index (χ3n) is 6.30. The lowest BCUT2D eigenvalue weighted by atomic mass is 9.97. The Morgan fingerprint density at radius 3 is 2.58 bits per heavy atom. The van der Waals surface area contributed by atoms with Crippen LogP contribution in [0.2, 0.25) is 0 Å². The summed E-state index contributed by atoms with van der Waals surface area (Å²) in [7, 11) is 3.88. The van der Waals surface area contributed by atoms with E-state index >= 15 is 0 Å². The van der Waals surface area contributed by atoms with E-state index in [-0.39, 0.29) is 5.56 Å². The maximum absolute atomic E-state index is 14.5. The molecule has 0 spiro atoms. The first kappa shape index (κ1) is 21.0. The summed E-state index contributed by atoms with van der Waals surface area (Å²) in [5.41, 5.74) is 3.81. The molecule has 5 rings (SSSR count). The fourth-order valence-corrected chi connectivity index (χ4v) is 4.43. The minimum Gasteiger partial charge on any atom is -0.355 e. The van der Waals surface area contributed by atoms with Crippen molar-refractivity contribution in [3.8, 4) is 28.5 Å². The van der Waals surface area contributed by atoms with Crippen molar-refractivity contribution in [1.82, 2.24) is 25.3 Å². The molecular weight excluding hydrogens is 417 g/mol. The summed E-state index contributed by atoms with van der Waals surface area (Å²) in [5.74, 6) is 0.223. The molecule has 2 aromatic heterocycles. The minimum absolute atomic E-state index is 0.0200. The Bertz CT molecular complexity index is 1360. The van der Waals surface area contributed by atoms with Gasteiger partial charge in [0.25, 0.3) is 0 Å². The van der Waals surface area contributed by atoms with Crippen LogP contribution in [0.25, 0.3) is 33.3 Å². The van der Waals surface area contributed by atoms with Gasteiger partial charge in [-0.15, -0.1) is 10.2 Å². The number of piperidine rings is 1. The van der Waals surface area contributed by atoms with Gasteiger partial charge in [-0.05, 0) is 49.7 Å². The summed E-state index contributed by atoms with van der Waals surface area (Å²) < 4.78 is 16.3. The Labute approximate surface area is 191 Å². The number of rotatable bonds is 4. The number of hydrogen-bond acceptors (Lipinski definition) is 6. The van der Waals surface area contributed by atoms with Crippen molar-refractivity contribution >= 4 is 16.7 Å². The third kappa shape index (κ3) is 4.03. The lowest BCUT2D eigenvalue weighted by molar-refractivity contribution is 0.440. The van der Waals surface area contributed by atoms with E-state index in [1.807, 2.05) is 50.6 Å². The van der Waals surface area contributed by atoms with Crippen molar-refractivity contribution < 1.29 is 4.39 Å². The van der Waals surface area contributed by atoms with Crippen LogP contribution in [0.5, 0.6) is 0 Å². The summed E-state index contributed by atoms with van der Waals surface area (Å²) in [6.07, 6.45) is 4.01. The lowest BCUT2D eigenvalue weighted by Crippen LogP contribution is -2.41. The molecule has 0 amide bonds. The third-order valence-corrected chi connectivity index (χ3v) is 6.30. The molecule has 0 atom stereocenters. The van der Waals surface area contributed by atoms with Gasteiger partial charge in [-0.3, -0.25) is 4.68 Å². The number of halogens is 1. The molecule has 4 aromatic rings. The Hall–Kier alpha value is -3.83. The molecule has 1 saturated heterocycles. The van der Waals surface area contributed by atoms with E-state index in [0.717, 1.165) is 53.8 Å². The largest absolute Gasteiger partial charge is 0.355 e. The predicted molar refractivity (Wildman–Crippen MR) is 126 cm³/mol. The maximum atomic E-state index is 14.5. The van der Waals surface area contributed by atoms with Gasteiger partial charge in [0.05, 0.1) is 11.1 Å². The molecule has 0 saturated carbocycles. The number of aryl methyl sites for hydroxylation is 1. The highest BCUT2D eigenvalue weighted by atomic mass is 19.1. The van der Waals surface area contributed by atoms with Gasteiger partial charge in [-0.25, -0.2) is 4.39 Å². The van der Waals surface area contributed by atoms with E-state index in [1.54, 1.807) is 10.7 Å². The van der Waals surface area contributed by atoms with E-state index in [9.17, 15) is 4.39 Å². The molecule has 1 fully saturated rings. The molecule has 1 aliphatic rings. The molecule has 2 aromatic carbocycles. The normalized spacial score (nSPS) is 14.5. The van der Waals surface area contributed by atoms with Crippen molar-refractivity contribution in [3.05, 3.63) is 60.0 Å². The van der Waals surface area contributed by atoms with Crippen LogP contribution < -0.4 is 10.2 Å². The number of benzene rings is 2. The van der Waals surface area contributed by atoms with E-state index in [0.29, 0.717) is 17.3 Å². The second-order valence-electron chi connectivity index (χ2n) is 8.40. The number of fused-ring (bicyclic) bond motifs is 1. The SMILES string of the molecule is CNC1CCN(c2cc(-c3ccc(C#N)c(F)c3)c(-c3ccc4cn(C)nc4c3)nn2)CC1. The van der Waals surface area contributed by atoms with Crippen LogP contribution in [-0.2, 0) is 7.05 Å². The van der Waals surface area contributed by atoms with E-state index in [1.165, 1.54) is 12.1 Å². The number of hydrogen-bond donors (Lipinski definition) is 1. The lowest BCUT2D eigenvalue weighted by Gasteiger charge is -2.32. The molecule has 0 aliphatic carbocycles. The summed E-state index contributed by atoms with van der Waals surface area (Å²) in [6, 6.07) is 15.0. The van der Waals surface area contributed by atoms with Crippen molar-refractivity contribution in [3.63, 3.8) is 0 Å². The van der Waals surface area contributed by atoms with Crippen molar-refractivity contribution in [2.75, 3.05) is 25.0 Å². The number of nitrogens with one attached hydrogen (secondary N) is 1. The molecule has 33 heavy (non-hydrogen) atoms. The van der Waals surface area contributed by atoms with Gasteiger partial charge in [-0.2, -0.15) is 10.4 Å². The maximum Gasteiger partial charge on any atom is 0.151 e. The fourth-order valence-electron chi connectivity index (χ4n) is 4.43. The predicted octanol–water partition coefficient (Wildman–Crippen LogP) is 3.90. The first-order valence-electron chi connectivity index (χ1n) is 11.0. The molecular formula is C25H24FN7. The van der Waals surface area contributed by atoms with Crippen molar-refractivity contribution in [1.29, 1.82) is 5.26 Å². The van der Waals surface area contributed by atoms with Gasteiger partial charge in [-0.1, -0.05) is 18.2 Å². The van der Waals surface area contributed by atoms with Crippen LogP contribution in [0.15, 0.2) is 48.7 Å². The topological polar surface area (TPSA) is 82.7 Å². The zero-order chi connectivity index (χ0) is 22.9. The average Bonchev–Trinajstić information content (AvgIpc) is 3.23. The van der Waals surface area contributed by atoms with Gasteiger partial charge >= 0.3 is 0 Å². The summed E-state index contributed by atoms with van der Waals surface area (Å²) in [5, 5.41) is 27.1. The van der Waals surface area contributed by atoms with Crippen LogP contribution in [-0.4, -0.2) is 46.2 Å². The first-order valence-corrected chi connectivity index (χ1v) is 11.0. The number of aromatic nitrogens is 4. The highest BCUT2D eigenvalue weighted by Crippen LogP contribution is 2.34. The average molecular weight is 442 g/mol. The van der Waals surface area contributed by atoms with Crippen LogP contribution in [0.3, 0.4) is 0 Å². The standard InChI is InChI=1S/C25H24FN7/c1-28-20-7-9-33(10-8-20)24-13-21(16-3-5-18(14-27)22(26)11-16)25(30-29-24)17-4-6-19-15-32(2)31-23(19)12-17/h3-6,11-13,15,20,28H,7-10H2,1-2H3. The molecule has 0 unspecified atom stereocenters. The monoisotopic (exact) mass is 441 g/mol. The van der Waals surface area contributed by atoms with E-state index in [2.05, 4.69) is 25.5 Å². The van der Waals surface area contributed by atoms with Crippen LogP contribution in [0.4, 0.5) is 10.2 Å². The van der Waals surface area contributed by atoms with Crippen molar-refractivity contribution in [2.24, 2.45) is 7.05 Å². The van der Waals surface area contributed by atoms with Crippen LogP contribution in [0, 0.1) is 17.1 Å². The fraction of sp³-hybridized carbons (Fsp3) is 0.280. The van der Waals surface area contributed by atoms with Crippen LogP contribution >= 0.6 is 0 Å². The molecule has 0 radical (unpaired) electrons. The molecule has 166 valence electrons. The molecule has 1 N–H and O–H groups in total. The highest BCUT2D eigenvalue weighted by molar-refractivity contribution is 5.88. The highest BCUT2D eigenvalue weighted by Gasteiger charge is 2.21. The van der Waals surface area contributed by atoms with Gasteiger partial charge in [0.1, 0.15) is 17.6 Å². The Kier molecular flexibility index (Phi) is 5.48. The van der Waals surface area contributed by atoms with E-state index < -0.39 is 5.82 Å². The Morgan fingerprint density at radius 2 is 1.85 bits per heavy atom. The number of anilines is 1. The Morgan fingerprint density at radius 1 is 1.06 bits per heavy atom. The van der Waals surface area contributed by atoms with E-state index in [4.69, 9.17) is 5.26 Å². The second-order valence-corrected chi connectivity index (χ2v) is 8.40. The van der Waals surface area contributed by atoms with Crippen molar-refractivity contribution in [2.45, 2.75) is 18.9 Å². The first-order chi connectivity index (χ1) is 16.1. The van der Waals surface area contributed by atoms with Gasteiger partial charge in [0.2, 0.25) is 0 Å². The molecule has 0 bridgehead atoms. The molecule has 3 heterocycles. The second kappa shape index (κ2) is 8.60. The van der Waals surface area contributed by atoms with Gasteiger partial charge < -0.3 is 10.2 Å². The zero-order valence-corrected chi connectivity index (χ0v) is 18.6. The summed E-state index contributed by atoms with van der Waals surface area (Å²) in [6.45, 7) is 1.75. The molecule has 7 nitrogen and oxygen atoms in total. The summed E-state index contributed by atoms with van der Waals surface area (Å²) in [4.78, 5) is 2.22.